The van der Waals surface area contributed by atoms with Gasteiger partial charge in [-0.3, -0.25) is 9.59 Å². The van der Waals surface area contributed by atoms with E-state index in [9.17, 15) is 9.59 Å². The van der Waals surface area contributed by atoms with Gasteiger partial charge in [0.25, 0.3) is 0 Å². The summed E-state index contributed by atoms with van der Waals surface area (Å²) in [5.41, 5.74) is 0. The van der Waals surface area contributed by atoms with Gasteiger partial charge < -0.3 is 14.2 Å². The number of rotatable bonds is 39. The summed E-state index contributed by atoms with van der Waals surface area (Å²) in [6.45, 7) is 7.57. The molecule has 0 aliphatic rings. The van der Waals surface area contributed by atoms with E-state index in [1.807, 2.05) is 0 Å². The highest BCUT2D eigenvalue weighted by Gasteiger charge is 2.17. The predicted octanol–water partition coefficient (Wildman–Crippen LogP) is 14.2. The van der Waals surface area contributed by atoms with Gasteiger partial charge in [0.1, 0.15) is 6.61 Å². The minimum atomic E-state index is -0.542. The zero-order valence-electron chi connectivity index (χ0n) is 34.3. The average Bonchev–Trinajstić information content (AvgIpc) is 3.14. The van der Waals surface area contributed by atoms with E-state index in [2.05, 4.69) is 81.5 Å². The number of unbranched alkanes of at least 4 members (excludes halogenated alkanes) is 18. The third kappa shape index (κ3) is 40.4. The second-order valence-corrected chi connectivity index (χ2v) is 14.2. The zero-order chi connectivity index (χ0) is 37.8. The van der Waals surface area contributed by atoms with Crippen molar-refractivity contribution in [2.45, 2.75) is 207 Å². The summed E-state index contributed by atoms with van der Waals surface area (Å²) in [5.74, 6) is -0.425. The molecule has 0 bridgehead atoms. The molecule has 0 aromatic rings. The van der Waals surface area contributed by atoms with Crippen LogP contribution in [0.2, 0.25) is 0 Å². The fourth-order valence-corrected chi connectivity index (χ4v) is 5.83. The van der Waals surface area contributed by atoms with E-state index < -0.39 is 6.10 Å². The van der Waals surface area contributed by atoms with Gasteiger partial charge in [-0.15, -0.1) is 0 Å². The van der Waals surface area contributed by atoms with Crippen molar-refractivity contribution in [3.8, 4) is 0 Å². The Hall–Kier alpha value is -2.40. The largest absolute Gasteiger partial charge is 0.462 e. The normalized spacial score (nSPS) is 12.8. The first-order chi connectivity index (χ1) is 25.6. The van der Waals surface area contributed by atoms with Crippen LogP contribution in [0.15, 0.2) is 60.8 Å². The first-order valence-corrected chi connectivity index (χ1v) is 21.8. The van der Waals surface area contributed by atoms with Crippen LogP contribution < -0.4 is 0 Å². The van der Waals surface area contributed by atoms with Crippen molar-refractivity contribution in [2.75, 3.05) is 19.8 Å². The van der Waals surface area contributed by atoms with Gasteiger partial charge in [-0.2, -0.15) is 0 Å². The van der Waals surface area contributed by atoms with Crippen molar-refractivity contribution in [2.24, 2.45) is 0 Å². The van der Waals surface area contributed by atoms with Crippen molar-refractivity contribution in [1.82, 2.24) is 0 Å². The van der Waals surface area contributed by atoms with Crippen LogP contribution in [-0.4, -0.2) is 37.9 Å². The molecular weight excluding hydrogens is 645 g/mol. The second-order valence-electron chi connectivity index (χ2n) is 14.2. The topological polar surface area (TPSA) is 61.8 Å². The third-order valence-corrected chi connectivity index (χ3v) is 9.07. The molecule has 5 heteroatoms. The maximum Gasteiger partial charge on any atom is 0.306 e. The van der Waals surface area contributed by atoms with E-state index in [-0.39, 0.29) is 25.2 Å². The SMILES string of the molecule is CC/C=C\C/C=C\C/C=C\C/C=C\C/C=C\CCCCCCOCC(COC(=O)CCCCCCCCCCCCC)OC(=O)CCCCCCC. The molecule has 0 aliphatic heterocycles. The molecule has 1 atom stereocenters. The van der Waals surface area contributed by atoms with Gasteiger partial charge in [0.2, 0.25) is 0 Å². The second kappa shape index (κ2) is 43.0. The molecule has 0 saturated carbocycles. The Morgan fingerprint density at radius 2 is 0.865 bits per heavy atom. The lowest BCUT2D eigenvalue weighted by Crippen LogP contribution is -2.30. The van der Waals surface area contributed by atoms with E-state index in [1.165, 1.54) is 83.5 Å². The molecule has 1 unspecified atom stereocenters. The number of allylic oxidation sites excluding steroid dienone is 10. The third-order valence-electron chi connectivity index (χ3n) is 9.07. The number of carbonyl (C=O) groups excluding carboxylic acids is 2. The monoisotopic (exact) mass is 727 g/mol. The minimum absolute atomic E-state index is 0.0751. The average molecular weight is 727 g/mol. The van der Waals surface area contributed by atoms with Crippen LogP contribution in [0.1, 0.15) is 201 Å². The minimum Gasteiger partial charge on any atom is -0.462 e. The van der Waals surface area contributed by atoms with Gasteiger partial charge in [0, 0.05) is 19.4 Å². The zero-order valence-corrected chi connectivity index (χ0v) is 34.3. The molecule has 52 heavy (non-hydrogen) atoms. The molecule has 0 N–H and O–H groups in total. The van der Waals surface area contributed by atoms with E-state index in [1.54, 1.807) is 0 Å². The Morgan fingerprint density at radius 1 is 0.442 bits per heavy atom. The molecule has 0 aromatic carbocycles. The molecule has 0 spiro atoms. The van der Waals surface area contributed by atoms with Gasteiger partial charge in [-0.05, 0) is 64.2 Å². The van der Waals surface area contributed by atoms with Crippen LogP contribution in [0.25, 0.3) is 0 Å². The molecule has 0 aliphatic carbocycles. The molecule has 0 heterocycles. The lowest BCUT2D eigenvalue weighted by molar-refractivity contribution is -0.163. The first kappa shape index (κ1) is 49.6. The number of hydrogen-bond acceptors (Lipinski definition) is 5. The molecule has 5 nitrogen and oxygen atoms in total. The van der Waals surface area contributed by atoms with Crippen LogP contribution in [0.5, 0.6) is 0 Å². The Bertz CT molecular complexity index is 915. The molecule has 0 amide bonds. The van der Waals surface area contributed by atoms with E-state index in [0.717, 1.165) is 83.5 Å². The molecule has 0 rings (SSSR count). The number of hydrogen-bond donors (Lipinski definition) is 0. The van der Waals surface area contributed by atoms with Gasteiger partial charge in [0.15, 0.2) is 6.10 Å². The highest BCUT2D eigenvalue weighted by molar-refractivity contribution is 5.70. The van der Waals surface area contributed by atoms with Gasteiger partial charge >= 0.3 is 11.9 Å². The van der Waals surface area contributed by atoms with Gasteiger partial charge in [-0.1, -0.05) is 184 Å². The maximum atomic E-state index is 12.5. The molecule has 0 saturated heterocycles. The quantitative estimate of drug-likeness (QED) is 0.0358. The Morgan fingerprint density at radius 3 is 1.38 bits per heavy atom. The summed E-state index contributed by atoms with van der Waals surface area (Å²) in [5, 5.41) is 0. The summed E-state index contributed by atoms with van der Waals surface area (Å²) in [6, 6.07) is 0. The molecular formula is C47H82O5. The molecule has 0 aromatic heterocycles. The Balaban J connectivity index is 4.11. The number of ether oxygens (including phenoxy) is 3. The van der Waals surface area contributed by atoms with Crippen molar-refractivity contribution >= 4 is 11.9 Å². The van der Waals surface area contributed by atoms with E-state index in [4.69, 9.17) is 14.2 Å². The van der Waals surface area contributed by atoms with Crippen LogP contribution in [0.3, 0.4) is 0 Å². The molecule has 0 fully saturated rings. The van der Waals surface area contributed by atoms with Crippen molar-refractivity contribution in [3.05, 3.63) is 60.8 Å². The standard InChI is InChI=1S/C47H82O5/c1-4-7-10-13-15-17-19-20-21-22-23-24-25-26-27-29-31-33-36-39-42-50-43-45(52-47(49)41-38-34-12-9-6-3)44-51-46(48)40-37-35-32-30-28-18-16-14-11-8-5-2/h7,10,15,17,20-21,23-24,26-27,45H,4-6,8-9,11-14,16,18-19,22,25,28-44H2,1-3H3/b10-7-,17-15-,21-20-,24-23-,27-26-. The number of carbonyl (C=O) groups is 2. The highest BCUT2D eigenvalue weighted by atomic mass is 16.6. The Kier molecular flexibility index (Phi) is 41.0. The van der Waals surface area contributed by atoms with E-state index in [0.29, 0.717) is 19.4 Å². The molecule has 0 radical (unpaired) electrons. The summed E-state index contributed by atoms with van der Waals surface area (Å²) in [4.78, 5) is 24.9. The van der Waals surface area contributed by atoms with Crippen LogP contribution in [0.4, 0.5) is 0 Å². The number of esters is 2. The van der Waals surface area contributed by atoms with Gasteiger partial charge in [0.05, 0.1) is 6.61 Å². The van der Waals surface area contributed by atoms with Crippen LogP contribution in [-0.2, 0) is 23.8 Å². The van der Waals surface area contributed by atoms with Crippen molar-refractivity contribution < 1.29 is 23.8 Å². The fourth-order valence-electron chi connectivity index (χ4n) is 5.83. The summed E-state index contributed by atoms with van der Waals surface area (Å²) in [6.07, 6.45) is 52.5. The summed E-state index contributed by atoms with van der Waals surface area (Å²) >= 11 is 0. The first-order valence-electron chi connectivity index (χ1n) is 21.8. The Labute approximate surface area is 322 Å². The molecule has 300 valence electrons. The van der Waals surface area contributed by atoms with Crippen molar-refractivity contribution in [3.63, 3.8) is 0 Å². The van der Waals surface area contributed by atoms with Crippen LogP contribution in [0, 0.1) is 0 Å². The smallest absolute Gasteiger partial charge is 0.306 e. The summed E-state index contributed by atoms with van der Waals surface area (Å²) in [7, 11) is 0. The lowest BCUT2D eigenvalue weighted by atomic mass is 10.1. The van der Waals surface area contributed by atoms with Gasteiger partial charge in [-0.25, -0.2) is 0 Å². The van der Waals surface area contributed by atoms with Crippen molar-refractivity contribution in [1.29, 1.82) is 0 Å². The maximum absolute atomic E-state index is 12.5. The predicted molar refractivity (Wildman–Crippen MR) is 224 cm³/mol. The highest BCUT2D eigenvalue weighted by Crippen LogP contribution is 2.13. The van der Waals surface area contributed by atoms with Crippen LogP contribution >= 0.6 is 0 Å². The fraction of sp³-hybridized carbons (Fsp3) is 0.745. The van der Waals surface area contributed by atoms with E-state index >= 15 is 0 Å². The lowest BCUT2D eigenvalue weighted by Gasteiger charge is -2.18. The summed E-state index contributed by atoms with van der Waals surface area (Å²) < 4.78 is 17.1.